The van der Waals surface area contributed by atoms with Crippen LogP contribution in [0, 0.1) is 0 Å². The van der Waals surface area contributed by atoms with Gasteiger partial charge in [0.05, 0.1) is 17.5 Å². The van der Waals surface area contributed by atoms with Gasteiger partial charge in [-0.05, 0) is 68.0 Å². The molecule has 4 rings (SSSR count). The first-order chi connectivity index (χ1) is 14.8. The zero-order valence-electron chi connectivity index (χ0n) is 17.3. The van der Waals surface area contributed by atoms with Crippen LogP contribution in [0.3, 0.4) is 0 Å². The standard InChI is InChI=1S/C25H29N3O2/c29-25(14-13-20-7-6-12-24(19-20)30-23-10-4-5-11-23)26-17-15-21-16-18-28(27-21)22-8-2-1-3-9-22/h1-3,6-9,12,16,18-19,23H,4-5,10-11,13-15,17H2,(H,26,29). The number of ether oxygens (including phenoxy) is 1. The van der Waals surface area contributed by atoms with E-state index in [-0.39, 0.29) is 5.91 Å². The van der Waals surface area contributed by atoms with Gasteiger partial charge in [-0.1, -0.05) is 30.3 Å². The summed E-state index contributed by atoms with van der Waals surface area (Å²) in [5.41, 5.74) is 3.14. The van der Waals surface area contributed by atoms with E-state index in [1.165, 1.54) is 12.8 Å². The van der Waals surface area contributed by atoms with Crippen molar-refractivity contribution in [2.24, 2.45) is 0 Å². The fourth-order valence-corrected chi connectivity index (χ4v) is 3.87. The summed E-state index contributed by atoms with van der Waals surface area (Å²) >= 11 is 0. The Kier molecular flexibility index (Phi) is 6.80. The molecule has 1 fully saturated rings. The van der Waals surface area contributed by atoms with Crippen molar-refractivity contribution in [2.75, 3.05) is 6.54 Å². The van der Waals surface area contributed by atoms with Gasteiger partial charge in [-0.15, -0.1) is 0 Å². The SMILES string of the molecule is O=C(CCc1cccc(OC2CCCC2)c1)NCCc1ccn(-c2ccccc2)n1. The molecule has 0 atom stereocenters. The first-order valence-corrected chi connectivity index (χ1v) is 10.9. The van der Waals surface area contributed by atoms with Crippen LogP contribution in [-0.2, 0) is 17.6 Å². The highest BCUT2D eigenvalue weighted by molar-refractivity contribution is 5.76. The number of aryl methyl sites for hydroxylation is 1. The summed E-state index contributed by atoms with van der Waals surface area (Å²) in [4.78, 5) is 12.2. The summed E-state index contributed by atoms with van der Waals surface area (Å²) in [6.07, 6.45) is 9.04. The summed E-state index contributed by atoms with van der Waals surface area (Å²) in [7, 11) is 0. The number of carbonyl (C=O) groups excluding carboxylic acids is 1. The number of para-hydroxylation sites is 1. The molecule has 30 heavy (non-hydrogen) atoms. The summed E-state index contributed by atoms with van der Waals surface area (Å²) in [5, 5.41) is 7.58. The van der Waals surface area contributed by atoms with Crippen LogP contribution < -0.4 is 10.1 Å². The smallest absolute Gasteiger partial charge is 0.220 e. The Labute approximate surface area is 178 Å². The molecule has 1 amide bonds. The van der Waals surface area contributed by atoms with Crippen molar-refractivity contribution in [1.29, 1.82) is 0 Å². The van der Waals surface area contributed by atoms with Crippen LogP contribution in [0.1, 0.15) is 43.4 Å². The number of nitrogens with zero attached hydrogens (tertiary/aromatic N) is 2. The zero-order valence-corrected chi connectivity index (χ0v) is 17.3. The maximum Gasteiger partial charge on any atom is 0.220 e. The highest BCUT2D eigenvalue weighted by Gasteiger charge is 2.16. The van der Waals surface area contributed by atoms with Crippen molar-refractivity contribution in [1.82, 2.24) is 15.1 Å². The van der Waals surface area contributed by atoms with E-state index in [4.69, 9.17) is 4.74 Å². The van der Waals surface area contributed by atoms with Crippen molar-refractivity contribution in [3.63, 3.8) is 0 Å². The van der Waals surface area contributed by atoms with Crippen LogP contribution in [0.25, 0.3) is 5.69 Å². The molecular formula is C25H29N3O2. The van der Waals surface area contributed by atoms with Gasteiger partial charge in [0, 0.05) is 25.6 Å². The minimum Gasteiger partial charge on any atom is -0.490 e. The van der Waals surface area contributed by atoms with E-state index in [9.17, 15) is 4.79 Å². The number of hydrogen-bond acceptors (Lipinski definition) is 3. The van der Waals surface area contributed by atoms with E-state index in [0.29, 0.717) is 19.1 Å². The molecule has 0 aliphatic heterocycles. The van der Waals surface area contributed by atoms with Gasteiger partial charge >= 0.3 is 0 Å². The maximum atomic E-state index is 12.2. The number of aromatic nitrogens is 2. The van der Waals surface area contributed by atoms with E-state index < -0.39 is 0 Å². The van der Waals surface area contributed by atoms with Crippen LogP contribution >= 0.6 is 0 Å². The van der Waals surface area contributed by atoms with Crippen LogP contribution in [0.2, 0.25) is 0 Å². The number of amides is 1. The second kappa shape index (κ2) is 10.1. The van der Waals surface area contributed by atoms with E-state index in [1.54, 1.807) is 0 Å². The molecule has 2 aromatic carbocycles. The Morgan fingerprint density at radius 1 is 1.03 bits per heavy atom. The number of rotatable bonds is 9. The summed E-state index contributed by atoms with van der Waals surface area (Å²) in [6, 6.07) is 20.2. The topological polar surface area (TPSA) is 56.1 Å². The van der Waals surface area contributed by atoms with Crippen molar-refractivity contribution < 1.29 is 9.53 Å². The molecular weight excluding hydrogens is 374 g/mol. The predicted octanol–water partition coefficient (Wildman–Crippen LogP) is 4.49. The highest BCUT2D eigenvalue weighted by Crippen LogP contribution is 2.24. The molecule has 1 saturated carbocycles. The van der Waals surface area contributed by atoms with Gasteiger partial charge in [0.2, 0.25) is 5.91 Å². The van der Waals surface area contributed by atoms with Crippen molar-refractivity contribution in [2.45, 2.75) is 51.0 Å². The number of carbonyl (C=O) groups is 1. The quantitative estimate of drug-likeness (QED) is 0.573. The zero-order chi connectivity index (χ0) is 20.6. The molecule has 1 aromatic heterocycles. The van der Waals surface area contributed by atoms with Crippen molar-refractivity contribution >= 4 is 5.91 Å². The fraction of sp³-hybridized carbons (Fsp3) is 0.360. The second-order valence-corrected chi connectivity index (χ2v) is 7.86. The first-order valence-electron chi connectivity index (χ1n) is 10.9. The van der Waals surface area contributed by atoms with Crippen molar-refractivity contribution in [3.05, 3.63) is 78.1 Å². The number of hydrogen-bond donors (Lipinski definition) is 1. The maximum absolute atomic E-state index is 12.2. The fourth-order valence-electron chi connectivity index (χ4n) is 3.87. The van der Waals surface area contributed by atoms with Crippen LogP contribution in [0.4, 0.5) is 0 Å². The van der Waals surface area contributed by atoms with Gasteiger partial charge in [0.15, 0.2) is 0 Å². The molecule has 0 bridgehead atoms. The number of nitrogens with one attached hydrogen (secondary N) is 1. The average Bonchev–Trinajstić information content (AvgIpc) is 3.46. The lowest BCUT2D eigenvalue weighted by molar-refractivity contribution is -0.121. The molecule has 1 N–H and O–H groups in total. The van der Waals surface area contributed by atoms with E-state index >= 15 is 0 Å². The predicted molar refractivity (Wildman–Crippen MR) is 118 cm³/mol. The Balaban J connectivity index is 1.19. The molecule has 0 unspecified atom stereocenters. The van der Waals surface area contributed by atoms with Crippen molar-refractivity contribution in [3.8, 4) is 11.4 Å². The van der Waals surface area contributed by atoms with Crippen LogP contribution in [0.15, 0.2) is 66.9 Å². The molecule has 1 aliphatic carbocycles. The number of benzene rings is 2. The van der Waals surface area contributed by atoms with Gasteiger partial charge in [0.25, 0.3) is 0 Å². The van der Waals surface area contributed by atoms with Gasteiger partial charge in [-0.2, -0.15) is 5.10 Å². The first kappa shape index (κ1) is 20.2. The summed E-state index contributed by atoms with van der Waals surface area (Å²) in [6.45, 7) is 0.593. The molecule has 0 radical (unpaired) electrons. The Morgan fingerprint density at radius 3 is 2.70 bits per heavy atom. The third-order valence-corrected chi connectivity index (χ3v) is 5.51. The Morgan fingerprint density at radius 2 is 1.87 bits per heavy atom. The molecule has 3 aromatic rings. The second-order valence-electron chi connectivity index (χ2n) is 7.86. The lowest BCUT2D eigenvalue weighted by Crippen LogP contribution is -2.26. The summed E-state index contributed by atoms with van der Waals surface area (Å²) < 4.78 is 7.92. The average molecular weight is 404 g/mol. The minimum atomic E-state index is 0.0691. The lowest BCUT2D eigenvalue weighted by atomic mass is 10.1. The van der Waals surface area contributed by atoms with Crippen LogP contribution in [0.5, 0.6) is 5.75 Å². The molecule has 0 saturated heterocycles. The molecule has 1 heterocycles. The third-order valence-electron chi connectivity index (χ3n) is 5.51. The molecule has 156 valence electrons. The molecule has 0 spiro atoms. The summed E-state index contributed by atoms with van der Waals surface area (Å²) in [5.74, 6) is 0.994. The van der Waals surface area contributed by atoms with E-state index in [1.807, 2.05) is 59.4 Å². The van der Waals surface area contributed by atoms with Gasteiger partial charge < -0.3 is 10.1 Å². The van der Waals surface area contributed by atoms with E-state index in [2.05, 4.69) is 22.5 Å². The molecule has 5 heteroatoms. The van der Waals surface area contributed by atoms with Gasteiger partial charge in [-0.25, -0.2) is 4.68 Å². The van der Waals surface area contributed by atoms with Gasteiger partial charge in [-0.3, -0.25) is 4.79 Å². The van der Waals surface area contributed by atoms with Crippen LogP contribution in [-0.4, -0.2) is 28.3 Å². The molecule has 5 nitrogen and oxygen atoms in total. The molecule has 1 aliphatic rings. The Hall–Kier alpha value is -3.08. The monoisotopic (exact) mass is 403 g/mol. The van der Waals surface area contributed by atoms with Gasteiger partial charge in [0.1, 0.15) is 5.75 Å². The normalized spacial score (nSPS) is 14.0. The largest absolute Gasteiger partial charge is 0.490 e. The van der Waals surface area contributed by atoms with E-state index in [0.717, 1.165) is 48.4 Å². The minimum absolute atomic E-state index is 0.0691. The highest BCUT2D eigenvalue weighted by atomic mass is 16.5. The third kappa shape index (κ3) is 5.72. The lowest BCUT2D eigenvalue weighted by Gasteiger charge is -2.13. The Bertz CT molecular complexity index is 946.